The summed E-state index contributed by atoms with van der Waals surface area (Å²) in [6, 6.07) is 12.8. The molecule has 198 valence electrons. The number of ether oxygens (including phenoxy) is 2. The molecule has 4 rings (SSSR count). The lowest BCUT2D eigenvalue weighted by molar-refractivity contribution is -0.146. The molecular weight excluding hydrogens is 545 g/mol. The second-order valence-corrected chi connectivity index (χ2v) is 10.3. The topological polar surface area (TPSA) is 89.9 Å². The average molecular weight is 573 g/mol. The first-order valence-corrected chi connectivity index (χ1v) is 13.7. The Hall–Kier alpha value is -3.20. The second kappa shape index (κ2) is 12.1. The van der Waals surface area contributed by atoms with E-state index < -0.39 is 23.8 Å². The fourth-order valence-corrected chi connectivity index (χ4v) is 5.76. The Morgan fingerprint density at radius 1 is 1.05 bits per heavy atom. The lowest BCUT2D eigenvalue weighted by atomic mass is 9.75. The monoisotopic (exact) mass is 571 g/mol. The van der Waals surface area contributed by atoms with Gasteiger partial charge in [0.05, 0.1) is 29.5 Å². The van der Waals surface area contributed by atoms with Crippen molar-refractivity contribution in [3.05, 3.63) is 74.7 Å². The lowest BCUT2D eigenvalue weighted by Crippen LogP contribution is -2.36. The van der Waals surface area contributed by atoms with Gasteiger partial charge >= 0.3 is 11.9 Å². The summed E-state index contributed by atoms with van der Waals surface area (Å²) in [6.45, 7) is 7.43. The minimum atomic E-state index is -0.791. The van der Waals surface area contributed by atoms with E-state index in [0.717, 1.165) is 11.1 Å². The summed E-state index contributed by atoms with van der Waals surface area (Å²) in [5.74, 6) is -2.42. The van der Waals surface area contributed by atoms with Gasteiger partial charge in [0.15, 0.2) is 5.13 Å². The van der Waals surface area contributed by atoms with Crippen molar-refractivity contribution < 1.29 is 19.1 Å². The van der Waals surface area contributed by atoms with E-state index in [2.05, 4.69) is 10.3 Å². The first kappa shape index (κ1) is 27.8. The molecule has 1 aliphatic heterocycles. The number of nitrogens with zero attached hydrogens (tertiary/aromatic N) is 2. The van der Waals surface area contributed by atoms with Crippen LogP contribution in [0, 0.1) is 5.92 Å². The van der Waals surface area contributed by atoms with Crippen molar-refractivity contribution in [3.63, 3.8) is 0 Å². The number of benzene rings is 2. The number of aliphatic imine (C=N–C) groups is 1. The number of para-hydroxylation sites is 1. The highest BCUT2D eigenvalue weighted by molar-refractivity contribution is 7.14. The molecule has 3 aromatic rings. The third kappa shape index (κ3) is 5.77. The zero-order chi connectivity index (χ0) is 27.4. The molecule has 1 aromatic heterocycles. The van der Waals surface area contributed by atoms with E-state index in [1.807, 2.05) is 35.7 Å². The highest BCUT2D eigenvalue weighted by Crippen LogP contribution is 2.44. The smallest absolute Gasteiger partial charge is 0.336 e. The van der Waals surface area contributed by atoms with Crippen LogP contribution >= 0.6 is 34.5 Å². The molecule has 2 unspecified atom stereocenters. The molecule has 0 saturated carbocycles. The van der Waals surface area contributed by atoms with Crippen LogP contribution in [-0.2, 0) is 19.1 Å². The predicted molar refractivity (Wildman–Crippen MR) is 153 cm³/mol. The minimum absolute atomic E-state index is 0.199. The third-order valence-corrected chi connectivity index (χ3v) is 7.42. The van der Waals surface area contributed by atoms with Gasteiger partial charge in [0.2, 0.25) is 0 Å². The number of anilines is 2. The average Bonchev–Trinajstić information content (AvgIpc) is 3.32. The Labute approximate surface area is 235 Å². The Balaban J connectivity index is 1.77. The Kier molecular flexibility index (Phi) is 8.87. The molecule has 2 aromatic carbocycles. The number of halogens is 2. The summed E-state index contributed by atoms with van der Waals surface area (Å²) >= 11 is 13.8. The molecule has 1 N–H and O–H groups in total. The predicted octanol–water partition coefficient (Wildman–Crippen LogP) is 7.44. The number of allylic oxidation sites excluding steroid dienone is 1. The van der Waals surface area contributed by atoms with Gasteiger partial charge < -0.3 is 14.8 Å². The molecule has 2 atom stereocenters. The van der Waals surface area contributed by atoms with Crippen molar-refractivity contribution >= 4 is 63.0 Å². The van der Waals surface area contributed by atoms with Crippen LogP contribution in [0.1, 0.15) is 39.2 Å². The maximum Gasteiger partial charge on any atom is 0.336 e. The molecule has 2 heterocycles. The van der Waals surface area contributed by atoms with E-state index in [0.29, 0.717) is 43.5 Å². The quantitative estimate of drug-likeness (QED) is 0.282. The van der Waals surface area contributed by atoms with Crippen LogP contribution in [0.3, 0.4) is 0 Å². The molecule has 0 bridgehead atoms. The summed E-state index contributed by atoms with van der Waals surface area (Å²) in [6.07, 6.45) is 0. The zero-order valence-corrected chi connectivity index (χ0v) is 23.7. The van der Waals surface area contributed by atoms with Crippen molar-refractivity contribution in [1.82, 2.24) is 4.98 Å². The summed E-state index contributed by atoms with van der Waals surface area (Å²) < 4.78 is 10.8. The molecule has 0 spiro atoms. The first-order chi connectivity index (χ1) is 18.2. The van der Waals surface area contributed by atoms with Crippen LogP contribution in [0.25, 0.3) is 11.3 Å². The first-order valence-electron chi connectivity index (χ1n) is 12.1. The van der Waals surface area contributed by atoms with Crippen LogP contribution in [0.5, 0.6) is 0 Å². The zero-order valence-electron chi connectivity index (χ0n) is 21.4. The lowest BCUT2D eigenvalue weighted by Gasteiger charge is -2.32. The van der Waals surface area contributed by atoms with Crippen LogP contribution in [0.2, 0.25) is 10.0 Å². The van der Waals surface area contributed by atoms with Crippen molar-refractivity contribution in [3.8, 4) is 11.3 Å². The number of esters is 2. The standard InChI is InChI=1S/C28H27Cl2N3O4S/c1-5-36-26(34)23-15(3)31-16(4)24(27(35)37-6-2)25(23)19-9-7-8-10-21(19)32-28-33-22(14-38-28)18-12-11-17(29)13-20(18)30/h7-14,23,25H,5-6H2,1-4H3,(H,32,33). The summed E-state index contributed by atoms with van der Waals surface area (Å²) in [4.78, 5) is 35.6. The van der Waals surface area contributed by atoms with E-state index >= 15 is 0 Å². The Bertz CT molecular complexity index is 1430. The molecule has 0 radical (unpaired) electrons. The van der Waals surface area contributed by atoms with Gasteiger partial charge in [-0.05, 0) is 57.5 Å². The van der Waals surface area contributed by atoms with E-state index in [-0.39, 0.29) is 13.2 Å². The van der Waals surface area contributed by atoms with Crippen molar-refractivity contribution in [1.29, 1.82) is 0 Å². The Morgan fingerprint density at radius 3 is 2.50 bits per heavy atom. The van der Waals surface area contributed by atoms with Gasteiger partial charge in [-0.3, -0.25) is 9.79 Å². The molecular formula is C28H27Cl2N3O4S. The number of nitrogens with one attached hydrogen (secondary N) is 1. The number of carbonyl (C=O) groups is 2. The highest BCUT2D eigenvalue weighted by Gasteiger charge is 2.43. The summed E-state index contributed by atoms with van der Waals surface area (Å²) in [5.41, 5.74) is 4.29. The molecule has 0 fully saturated rings. The van der Waals surface area contributed by atoms with Gasteiger partial charge in [0.1, 0.15) is 5.92 Å². The number of thiazole rings is 1. The molecule has 0 saturated heterocycles. The van der Waals surface area contributed by atoms with Gasteiger partial charge in [0.25, 0.3) is 0 Å². The van der Waals surface area contributed by atoms with Gasteiger partial charge in [0, 0.05) is 39.0 Å². The summed E-state index contributed by atoms with van der Waals surface area (Å²) in [5, 5.41) is 6.94. The molecule has 38 heavy (non-hydrogen) atoms. The Morgan fingerprint density at radius 2 is 1.79 bits per heavy atom. The maximum atomic E-state index is 13.2. The van der Waals surface area contributed by atoms with E-state index in [9.17, 15) is 9.59 Å². The molecule has 0 amide bonds. The number of carbonyl (C=O) groups excluding carboxylic acids is 2. The third-order valence-electron chi connectivity index (χ3n) is 6.11. The largest absolute Gasteiger partial charge is 0.465 e. The van der Waals surface area contributed by atoms with Gasteiger partial charge in [-0.15, -0.1) is 11.3 Å². The van der Waals surface area contributed by atoms with Crippen molar-refractivity contribution in [2.45, 2.75) is 33.6 Å². The van der Waals surface area contributed by atoms with E-state index in [1.165, 1.54) is 11.3 Å². The van der Waals surface area contributed by atoms with Crippen molar-refractivity contribution in [2.24, 2.45) is 10.9 Å². The highest BCUT2D eigenvalue weighted by atomic mass is 35.5. The normalized spacial score (nSPS) is 17.2. The van der Waals surface area contributed by atoms with Gasteiger partial charge in [-0.25, -0.2) is 9.78 Å². The molecule has 10 heteroatoms. The number of rotatable bonds is 8. The SMILES string of the molecule is CCOC(=O)C1=C(C)N=C(C)C(C(=O)OCC)C1c1ccccc1Nc1nc(-c2ccc(Cl)cc2Cl)cs1. The van der Waals surface area contributed by atoms with Crippen LogP contribution in [0.4, 0.5) is 10.8 Å². The molecule has 0 aliphatic carbocycles. The van der Waals surface area contributed by atoms with Crippen LogP contribution in [0.15, 0.2) is 64.1 Å². The van der Waals surface area contributed by atoms with Gasteiger partial charge in [-0.1, -0.05) is 41.4 Å². The fourth-order valence-electron chi connectivity index (χ4n) is 4.53. The number of aromatic nitrogens is 1. The van der Waals surface area contributed by atoms with Crippen molar-refractivity contribution in [2.75, 3.05) is 18.5 Å². The maximum absolute atomic E-state index is 13.2. The van der Waals surface area contributed by atoms with E-state index in [4.69, 9.17) is 37.7 Å². The fraction of sp³-hybridized carbons (Fsp3) is 0.286. The number of hydrogen-bond acceptors (Lipinski definition) is 8. The second-order valence-electron chi connectivity index (χ2n) is 8.55. The van der Waals surface area contributed by atoms with Crippen LogP contribution < -0.4 is 5.32 Å². The molecule has 7 nitrogen and oxygen atoms in total. The van der Waals surface area contributed by atoms with Crippen LogP contribution in [-0.4, -0.2) is 35.8 Å². The van der Waals surface area contributed by atoms with E-state index in [1.54, 1.807) is 39.8 Å². The minimum Gasteiger partial charge on any atom is -0.465 e. The molecule has 1 aliphatic rings. The van der Waals surface area contributed by atoms with Gasteiger partial charge in [-0.2, -0.15) is 0 Å². The summed E-state index contributed by atoms with van der Waals surface area (Å²) in [7, 11) is 0. The number of hydrogen-bond donors (Lipinski definition) is 1.